The molecule has 150 valence electrons. The maximum absolute atomic E-state index is 14.4. The van der Waals surface area contributed by atoms with E-state index < -0.39 is 12.0 Å². The highest BCUT2D eigenvalue weighted by atomic mass is 19.1. The van der Waals surface area contributed by atoms with Crippen LogP contribution < -0.4 is 9.64 Å². The number of halogens is 2. The van der Waals surface area contributed by atoms with E-state index in [1.807, 2.05) is 7.05 Å². The molecule has 0 bridgehead atoms. The summed E-state index contributed by atoms with van der Waals surface area (Å²) in [6.07, 6.45) is 6.48. The summed E-state index contributed by atoms with van der Waals surface area (Å²) >= 11 is 0. The van der Waals surface area contributed by atoms with Crippen LogP contribution in [0.1, 0.15) is 39.0 Å². The summed E-state index contributed by atoms with van der Waals surface area (Å²) in [6, 6.07) is 0.146. The first-order chi connectivity index (χ1) is 13.4. The fourth-order valence-electron chi connectivity index (χ4n) is 4.72. The van der Waals surface area contributed by atoms with Crippen molar-refractivity contribution in [2.75, 3.05) is 31.6 Å². The number of ether oxygens (including phenoxy) is 1. The molecule has 2 saturated heterocycles. The molecule has 8 heteroatoms. The normalized spacial score (nSPS) is 28.5. The second-order valence-electron chi connectivity index (χ2n) is 8.77. The van der Waals surface area contributed by atoms with Crippen molar-refractivity contribution in [3.05, 3.63) is 18.2 Å². The Morgan fingerprint density at radius 3 is 2.89 bits per heavy atom. The van der Waals surface area contributed by atoms with Crippen LogP contribution in [0.3, 0.4) is 0 Å². The van der Waals surface area contributed by atoms with Gasteiger partial charge in [0.25, 0.3) is 0 Å². The maximum atomic E-state index is 14.4. The van der Waals surface area contributed by atoms with Crippen molar-refractivity contribution in [1.29, 1.82) is 0 Å². The summed E-state index contributed by atoms with van der Waals surface area (Å²) in [5.41, 5.74) is -0.0661. The lowest BCUT2D eigenvalue weighted by atomic mass is 9.95. The number of hydrogen-bond donors (Lipinski definition) is 0. The van der Waals surface area contributed by atoms with Gasteiger partial charge >= 0.3 is 6.01 Å². The van der Waals surface area contributed by atoms with E-state index in [1.165, 1.54) is 0 Å². The highest BCUT2D eigenvalue weighted by Gasteiger charge is 2.49. The van der Waals surface area contributed by atoms with Gasteiger partial charge in [0.2, 0.25) is 0 Å². The maximum Gasteiger partial charge on any atom is 0.319 e. The van der Waals surface area contributed by atoms with Crippen LogP contribution in [-0.2, 0) is 0 Å². The van der Waals surface area contributed by atoms with Crippen LogP contribution in [0.25, 0.3) is 10.9 Å². The van der Waals surface area contributed by atoms with Gasteiger partial charge in [0.05, 0.1) is 17.1 Å². The number of nitrogens with zero attached hydrogens (tertiary/aromatic N) is 5. The van der Waals surface area contributed by atoms with Crippen LogP contribution in [-0.4, -0.2) is 63.8 Å². The van der Waals surface area contributed by atoms with Gasteiger partial charge in [0.1, 0.15) is 24.1 Å². The first kappa shape index (κ1) is 18.0. The summed E-state index contributed by atoms with van der Waals surface area (Å²) in [4.78, 5) is 17.2. The molecule has 0 aromatic carbocycles. The molecule has 5 rings (SSSR count). The van der Waals surface area contributed by atoms with Gasteiger partial charge in [0.15, 0.2) is 5.82 Å². The predicted octanol–water partition coefficient (Wildman–Crippen LogP) is 3.11. The zero-order valence-electron chi connectivity index (χ0n) is 16.3. The molecule has 0 radical (unpaired) electrons. The van der Waals surface area contributed by atoms with Crippen LogP contribution in [0.5, 0.6) is 6.01 Å². The lowest BCUT2D eigenvalue weighted by Crippen LogP contribution is -2.43. The molecule has 3 fully saturated rings. The molecule has 2 atom stereocenters. The Kier molecular flexibility index (Phi) is 3.98. The average Bonchev–Trinajstić information content (AvgIpc) is 3.19. The molecule has 1 aliphatic carbocycles. The van der Waals surface area contributed by atoms with E-state index in [9.17, 15) is 8.78 Å². The van der Waals surface area contributed by atoms with Crippen molar-refractivity contribution in [3.63, 3.8) is 0 Å². The van der Waals surface area contributed by atoms with Gasteiger partial charge in [0, 0.05) is 31.7 Å². The molecule has 28 heavy (non-hydrogen) atoms. The smallest absolute Gasteiger partial charge is 0.319 e. The van der Waals surface area contributed by atoms with Crippen LogP contribution in [0.15, 0.2) is 12.4 Å². The summed E-state index contributed by atoms with van der Waals surface area (Å²) in [5.74, 6) is 0.133. The number of pyridine rings is 1. The van der Waals surface area contributed by atoms with Crippen molar-refractivity contribution >= 4 is 16.7 Å². The van der Waals surface area contributed by atoms with E-state index in [-0.39, 0.29) is 22.6 Å². The molecule has 1 saturated carbocycles. The number of anilines is 1. The molecule has 0 unspecified atom stereocenters. The molecule has 0 amide bonds. The SMILES string of the molecule is CN(c1nc(OC[C@@]23CCCN2C[C@H](F)C3)nc2c(F)cncc12)C1(C)CC1. The van der Waals surface area contributed by atoms with E-state index in [4.69, 9.17) is 4.74 Å². The fraction of sp³-hybridized carbons (Fsp3) is 0.650. The zero-order chi connectivity index (χ0) is 19.5. The van der Waals surface area contributed by atoms with Crippen LogP contribution in [0.2, 0.25) is 0 Å². The monoisotopic (exact) mass is 389 g/mol. The Morgan fingerprint density at radius 2 is 2.11 bits per heavy atom. The second kappa shape index (κ2) is 6.20. The summed E-state index contributed by atoms with van der Waals surface area (Å²) < 4.78 is 34.4. The molecule has 2 aromatic rings. The first-order valence-corrected chi connectivity index (χ1v) is 9.97. The van der Waals surface area contributed by atoms with Crippen LogP contribution in [0, 0.1) is 5.82 Å². The molecule has 2 aromatic heterocycles. The number of aromatic nitrogens is 3. The first-order valence-electron chi connectivity index (χ1n) is 9.97. The fourth-order valence-corrected chi connectivity index (χ4v) is 4.72. The average molecular weight is 389 g/mol. The van der Waals surface area contributed by atoms with Gasteiger partial charge in [-0.25, -0.2) is 8.78 Å². The van der Waals surface area contributed by atoms with Gasteiger partial charge in [-0.1, -0.05) is 0 Å². The number of fused-ring (bicyclic) bond motifs is 2. The molecule has 3 aliphatic rings. The molecule has 0 spiro atoms. The topological polar surface area (TPSA) is 54.4 Å². The third-order valence-electron chi connectivity index (χ3n) is 6.85. The summed E-state index contributed by atoms with van der Waals surface area (Å²) in [6.45, 7) is 3.85. The molecule has 4 heterocycles. The van der Waals surface area contributed by atoms with Crippen molar-refractivity contribution in [1.82, 2.24) is 19.9 Å². The summed E-state index contributed by atoms with van der Waals surface area (Å²) in [7, 11) is 1.96. The molecular formula is C20H25F2N5O. The Bertz CT molecular complexity index is 921. The van der Waals surface area contributed by atoms with Crippen LogP contribution in [0.4, 0.5) is 14.6 Å². The zero-order valence-corrected chi connectivity index (χ0v) is 16.3. The molecule has 2 aliphatic heterocycles. The minimum Gasteiger partial charge on any atom is -0.461 e. The standard InChI is InChI=1S/C20H25F2N5O/c1-19(5-6-19)26(2)17-14-9-23-10-15(22)16(14)24-18(25-17)28-12-20-4-3-7-27(20)11-13(21)8-20/h9-10,13H,3-8,11-12H2,1-2H3/t13-,20+/m1/s1. The van der Waals surface area contributed by atoms with Gasteiger partial charge in [-0.05, 0) is 39.2 Å². The highest BCUT2D eigenvalue weighted by molar-refractivity contribution is 5.89. The Hall–Kier alpha value is -2.09. The lowest BCUT2D eigenvalue weighted by Gasteiger charge is -2.31. The minimum atomic E-state index is -0.818. The Labute approximate surface area is 162 Å². The largest absolute Gasteiger partial charge is 0.461 e. The lowest BCUT2D eigenvalue weighted by molar-refractivity contribution is 0.107. The molecule has 0 N–H and O–H groups in total. The van der Waals surface area contributed by atoms with E-state index in [0.717, 1.165) is 38.4 Å². The van der Waals surface area contributed by atoms with Gasteiger partial charge in [-0.2, -0.15) is 9.97 Å². The van der Waals surface area contributed by atoms with Crippen molar-refractivity contribution in [2.45, 2.75) is 56.3 Å². The van der Waals surface area contributed by atoms with Gasteiger partial charge in [-0.15, -0.1) is 0 Å². The van der Waals surface area contributed by atoms with E-state index in [2.05, 4.69) is 31.7 Å². The van der Waals surface area contributed by atoms with Crippen LogP contribution >= 0.6 is 0 Å². The third kappa shape index (κ3) is 2.80. The summed E-state index contributed by atoms with van der Waals surface area (Å²) in [5, 5.41) is 0.577. The molecular weight excluding hydrogens is 364 g/mol. The number of rotatable bonds is 5. The van der Waals surface area contributed by atoms with E-state index in [1.54, 1.807) is 6.20 Å². The van der Waals surface area contributed by atoms with Crippen molar-refractivity contribution < 1.29 is 13.5 Å². The van der Waals surface area contributed by atoms with Crippen molar-refractivity contribution in [2.24, 2.45) is 0 Å². The van der Waals surface area contributed by atoms with E-state index in [0.29, 0.717) is 30.8 Å². The quantitative estimate of drug-likeness (QED) is 0.783. The second-order valence-corrected chi connectivity index (χ2v) is 8.77. The van der Waals surface area contributed by atoms with Crippen molar-refractivity contribution in [3.8, 4) is 6.01 Å². The minimum absolute atomic E-state index is 0.0126. The number of hydrogen-bond acceptors (Lipinski definition) is 6. The van der Waals surface area contributed by atoms with Gasteiger partial charge in [-0.3, -0.25) is 9.88 Å². The predicted molar refractivity (Wildman–Crippen MR) is 102 cm³/mol. The van der Waals surface area contributed by atoms with Gasteiger partial charge < -0.3 is 9.64 Å². The molecule has 6 nitrogen and oxygen atoms in total. The highest BCUT2D eigenvalue weighted by Crippen LogP contribution is 2.44. The number of alkyl halides is 1. The third-order valence-corrected chi connectivity index (χ3v) is 6.85. The Balaban J connectivity index is 1.49. The van der Waals surface area contributed by atoms with E-state index >= 15 is 0 Å². The Morgan fingerprint density at radius 1 is 1.29 bits per heavy atom.